The molecule has 0 saturated heterocycles. The smallest absolute Gasteiger partial charge is 0.307 e. The first kappa shape index (κ1) is 15.7. The zero-order valence-electron chi connectivity index (χ0n) is 13.7. The van der Waals surface area contributed by atoms with Crippen LogP contribution in [0.25, 0.3) is 5.95 Å². The summed E-state index contributed by atoms with van der Waals surface area (Å²) in [6.45, 7) is 5.81. The molecule has 2 heterocycles. The molecule has 2 amide bonds. The maximum Gasteiger partial charge on any atom is 0.323 e. The number of amides is 2. The van der Waals surface area contributed by atoms with E-state index in [9.17, 15) is 4.79 Å². The second-order valence-electron chi connectivity index (χ2n) is 5.45. The van der Waals surface area contributed by atoms with Crippen LogP contribution < -0.4 is 10.6 Å². The third-order valence-corrected chi connectivity index (χ3v) is 3.76. The predicted molar refractivity (Wildman–Crippen MR) is 92.4 cm³/mol. The zero-order valence-corrected chi connectivity index (χ0v) is 13.7. The van der Waals surface area contributed by atoms with Crippen molar-refractivity contribution in [3.8, 4) is 5.95 Å². The fourth-order valence-electron chi connectivity index (χ4n) is 2.21. The van der Waals surface area contributed by atoms with Gasteiger partial charge in [0.15, 0.2) is 0 Å². The Labute approximate surface area is 139 Å². The van der Waals surface area contributed by atoms with E-state index in [1.807, 2.05) is 45.0 Å². The number of nitrogens with zero attached hydrogens (tertiary/aromatic N) is 4. The molecule has 0 saturated carbocycles. The molecule has 7 nitrogen and oxygen atoms in total. The number of urea groups is 1. The molecule has 0 fully saturated rings. The van der Waals surface area contributed by atoms with Crippen molar-refractivity contribution in [3.63, 3.8) is 0 Å². The van der Waals surface area contributed by atoms with Gasteiger partial charge < -0.3 is 10.6 Å². The van der Waals surface area contributed by atoms with Gasteiger partial charge in [-0.3, -0.25) is 4.57 Å². The Morgan fingerprint density at radius 2 is 1.71 bits per heavy atom. The zero-order chi connectivity index (χ0) is 17.1. The fourth-order valence-corrected chi connectivity index (χ4v) is 2.21. The Morgan fingerprint density at radius 1 is 1.00 bits per heavy atom. The molecule has 0 spiro atoms. The molecule has 7 heteroatoms. The highest BCUT2D eigenvalue weighted by Crippen LogP contribution is 2.14. The number of benzene rings is 1. The van der Waals surface area contributed by atoms with E-state index >= 15 is 0 Å². The number of imidazole rings is 1. The summed E-state index contributed by atoms with van der Waals surface area (Å²) >= 11 is 0. The van der Waals surface area contributed by atoms with Gasteiger partial charge in [-0.15, -0.1) is 0 Å². The van der Waals surface area contributed by atoms with Gasteiger partial charge in [-0.05, 0) is 32.4 Å². The van der Waals surface area contributed by atoms with E-state index in [2.05, 4.69) is 25.6 Å². The van der Waals surface area contributed by atoms with Crippen molar-refractivity contribution in [2.45, 2.75) is 20.8 Å². The molecule has 0 aliphatic carbocycles. The molecule has 122 valence electrons. The molecular weight excluding hydrogens is 304 g/mol. The summed E-state index contributed by atoms with van der Waals surface area (Å²) in [6.07, 6.45) is 4.81. The van der Waals surface area contributed by atoms with Crippen LogP contribution in [0.1, 0.15) is 17.0 Å². The SMILES string of the molecule is Cc1ccccc1NC(=O)Nc1cnc(-n2cnc(C)c2C)nc1. The van der Waals surface area contributed by atoms with Gasteiger partial charge in [-0.25, -0.2) is 19.7 Å². The van der Waals surface area contributed by atoms with Crippen LogP contribution in [0.4, 0.5) is 16.2 Å². The van der Waals surface area contributed by atoms with Crippen molar-refractivity contribution < 1.29 is 4.79 Å². The number of hydrogen-bond acceptors (Lipinski definition) is 4. The number of anilines is 2. The van der Waals surface area contributed by atoms with Crippen molar-refractivity contribution in [2.75, 3.05) is 10.6 Å². The van der Waals surface area contributed by atoms with Crippen LogP contribution >= 0.6 is 0 Å². The van der Waals surface area contributed by atoms with E-state index in [1.165, 1.54) is 0 Å². The molecule has 0 radical (unpaired) electrons. The topological polar surface area (TPSA) is 84.7 Å². The first-order chi connectivity index (χ1) is 11.5. The van der Waals surface area contributed by atoms with Gasteiger partial charge in [0.25, 0.3) is 0 Å². The molecule has 0 unspecified atom stereocenters. The van der Waals surface area contributed by atoms with Crippen molar-refractivity contribution in [1.29, 1.82) is 0 Å². The highest BCUT2D eigenvalue weighted by atomic mass is 16.2. The molecule has 2 aromatic heterocycles. The van der Waals surface area contributed by atoms with Gasteiger partial charge >= 0.3 is 6.03 Å². The Balaban J connectivity index is 1.69. The lowest BCUT2D eigenvalue weighted by atomic mass is 10.2. The summed E-state index contributed by atoms with van der Waals surface area (Å²) in [7, 11) is 0. The predicted octanol–water partition coefficient (Wildman–Crippen LogP) is 3.23. The van der Waals surface area contributed by atoms with E-state index in [0.29, 0.717) is 11.6 Å². The van der Waals surface area contributed by atoms with E-state index in [1.54, 1.807) is 23.3 Å². The van der Waals surface area contributed by atoms with Gasteiger partial charge in [0, 0.05) is 11.4 Å². The minimum absolute atomic E-state index is 0.338. The lowest BCUT2D eigenvalue weighted by Crippen LogP contribution is -2.20. The number of aryl methyl sites for hydroxylation is 2. The Hall–Kier alpha value is -3.22. The molecule has 3 rings (SSSR count). The van der Waals surface area contributed by atoms with Crippen LogP contribution in [0.15, 0.2) is 43.0 Å². The van der Waals surface area contributed by atoms with Crippen molar-refractivity contribution in [3.05, 3.63) is 59.9 Å². The summed E-state index contributed by atoms with van der Waals surface area (Å²) in [6, 6.07) is 7.23. The highest BCUT2D eigenvalue weighted by Gasteiger charge is 2.08. The van der Waals surface area contributed by atoms with Crippen molar-refractivity contribution >= 4 is 17.4 Å². The maximum absolute atomic E-state index is 12.1. The lowest BCUT2D eigenvalue weighted by molar-refractivity contribution is 0.262. The molecule has 1 aromatic carbocycles. The van der Waals surface area contributed by atoms with Crippen LogP contribution in [-0.2, 0) is 0 Å². The average Bonchev–Trinajstić information content (AvgIpc) is 2.90. The van der Waals surface area contributed by atoms with Crippen LogP contribution in [0.3, 0.4) is 0 Å². The average molecular weight is 322 g/mol. The second-order valence-corrected chi connectivity index (χ2v) is 5.45. The number of carbonyl (C=O) groups excluding carboxylic acids is 1. The van der Waals surface area contributed by atoms with Gasteiger partial charge in [-0.1, -0.05) is 18.2 Å². The first-order valence-electron chi connectivity index (χ1n) is 7.51. The summed E-state index contributed by atoms with van der Waals surface area (Å²) in [5, 5.41) is 5.51. The molecule has 0 aliphatic heterocycles. The van der Waals surface area contributed by atoms with Gasteiger partial charge in [0.1, 0.15) is 6.33 Å². The molecule has 0 aliphatic rings. The molecule has 0 atom stereocenters. The fraction of sp³-hybridized carbons (Fsp3) is 0.176. The van der Waals surface area contributed by atoms with Crippen molar-refractivity contribution in [1.82, 2.24) is 19.5 Å². The monoisotopic (exact) mass is 322 g/mol. The third-order valence-electron chi connectivity index (χ3n) is 3.76. The minimum atomic E-state index is -0.338. The second kappa shape index (κ2) is 6.49. The van der Waals surface area contributed by atoms with Gasteiger partial charge in [0.2, 0.25) is 5.95 Å². The van der Waals surface area contributed by atoms with Crippen LogP contribution in [-0.4, -0.2) is 25.6 Å². The number of para-hydroxylation sites is 1. The standard InChI is InChI=1S/C17H18N6O/c1-11-6-4-5-7-15(11)22-17(24)21-14-8-18-16(19-9-14)23-10-20-12(2)13(23)3/h4-10H,1-3H3,(H2,21,22,24). The van der Waals surface area contributed by atoms with Crippen LogP contribution in [0, 0.1) is 20.8 Å². The third kappa shape index (κ3) is 3.24. The maximum atomic E-state index is 12.1. The number of aromatic nitrogens is 4. The largest absolute Gasteiger partial charge is 0.323 e. The highest BCUT2D eigenvalue weighted by molar-refractivity contribution is 5.99. The van der Waals surface area contributed by atoms with E-state index < -0.39 is 0 Å². The minimum Gasteiger partial charge on any atom is -0.307 e. The van der Waals surface area contributed by atoms with E-state index in [-0.39, 0.29) is 6.03 Å². The summed E-state index contributed by atoms with van der Waals surface area (Å²) < 4.78 is 1.80. The van der Waals surface area contributed by atoms with Gasteiger partial charge in [0.05, 0.1) is 23.8 Å². The summed E-state index contributed by atoms with van der Waals surface area (Å²) in [5.41, 5.74) is 4.17. The van der Waals surface area contributed by atoms with Crippen LogP contribution in [0.5, 0.6) is 0 Å². The van der Waals surface area contributed by atoms with Gasteiger partial charge in [-0.2, -0.15) is 0 Å². The molecule has 24 heavy (non-hydrogen) atoms. The first-order valence-corrected chi connectivity index (χ1v) is 7.51. The molecule has 2 N–H and O–H groups in total. The van der Waals surface area contributed by atoms with E-state index in [0.717, 1.165) is 22.6 Å². The Morgan fingerprint density at radius 3 is 2.33 bits per heavy atom. The molecular formula is C17H18N6O. The number of carbonyl (C=O) groups is 1. The summed E-state index contributed by atoms with van der Waals surface area (Å²) in [5.74, 6) is 0.512. The summed E-state index contributed by atoms with van der Waals surface area (Å²) in [4.78, 5) is 24.8. The Bertz CT molecular complexity index is 869. The number of nitrogens with one attached hydrogen (secondary N) is 2. The normalized spacial score (nSPS) is 10.5. The van der Waals surface area contributed by atoms with Crippen molar-refractivity contribution in [2.24, 2.45) is 0 Å². The Kier molecular flexibility index (Phi) is 4.24. The molecule has 3 aromatic rings. The number of rotatable bonds is 3. The molecule has 0 bridgehead atoms. The quantitative estimate of drug-likeness (QED) is 0.775. The number of hydrogen-bond donors (Lipinski definition) is 2. The van der Waals surface area contributed by atoms with Crippen LogP contribution in [0.2, 0.25) is 0 Å². The van der Waals surface area contributed by atoms with E-state index in [4.69, 9.17) is 0 Å². The lowest BCUT2D eigenvalue weighted by Gasteiger charge is -2.10.